The maximum atomic E-state index is 3.83. The van der Waals surface area contributed by atoms with Crippen molar-refractivity contribution in [1.82, 2.24) is 10.2 Å². The normalized spacial score (nSPS) is 24.7. The first-order valence-corrected chi connectivity index (χ1v) is 8.72. The first kappa shape index (κ1) is 14.6. The van der Waals surface area contributed by atoms with Crippen molar-refractivity contribution in [2.45, 2.75) is 50.6 Å². The van der Waals surface area contributed by atoms with Crippen LogP contribution in [0.15, 0.2) is 28.7 Å². The van der Waals surface area contributed by atoms with Gasteiger partial charge >= 0.3 is 0 Å². The fourth-order valence-corrected chi connectivity index (χ4v) is 4.28. The minimum absolute atomic E-state index is 0.400. The number of nitrogens with one attached hydrogen (secondary N) is 1. The van der Waals surface area contributed by atoms with Crippen molar-refractivity contribution in [2.75, 3.05) is 19.6 Å². The van der Waals surface area contributed by atoms with E-state index < -0.39 is 0 Å². The Morgan fingerprint density at radius 2 is 2.05 bits per heavy atom. The molecule has 0 amide bonds. The summed E-state index contributed by atoms with van der Waals surface area (Å²) in [5.41, 5.74) is 1.82. The molecule has 1 aromatic rings. The quantitative estimate of drug-likeness (QED) is 0.873. The number of hydrogen-bond donors (Lipinski definition) is 1. The Balaban J connectivity index is 1.73. The van der Waals surface area contributed by atoms with Crippen LogP contribution in [0, 0.1) is 0 Å². The molecule has 2 fully saturated rings. The minimum Gasteiger partial charge on any atom is -0.309 e. The molecule has 1 N–H and O–H groups in total. The molecular weight excluding hydrogens is 312 g/mol. The van der Waals surface area contributed by atoms with E-state index in [1.165, 1.54) is 48.7 Å². The zero-order valence-electron chi connectivity index (χ0n) is 12.4. The molecule has 1 spiro atoms. The molecule has 0 aromatic heterocycles. The molecule has 1 saturated heterocycles. The molecule has 2 nitrogen and oxygen atoms in total. The molecule has 3 heteroatoms. The standard InChI is InChI=1S/C17H25BrN2/c1-14(15-6-5-7-16(18)12-15)20-11-10-19-17(13-20)8-3-2-4-9-17/h5-7,12,14,19H,2-4,8-11,13H2,1H3. The smallest absolute Gasteiger partial charge is 0.0321 e. The van der Waals surface area contributed by atoms with Gasteiger partial charge in [-0.1, -0.05) is 47.3 Å². The summed E-state index contributed by atoms with van der Waals surface area (Å²) in [5.74, 6) is 0. The number of halogens is 1. The highest BCUT2D eigenvalue weighted by molar-refractivity contribution is 9.10. The predicted octanol–water partition coefficient (Wildman–Crippen LogP) is 4.12. The van der Waals surface area contributed by atoms with Crippen LogP contribution in [0.4, 0.5) is 0 Å². The second-order valence-corrected chi connectivity index (χ2v) is 7.38. The molecule has 0 bridgehead atoms. The SMILES string of the molecule is CC(c1cccc(Br)c1)N1CCNC2(CCCCC2)C1. The number of benzene rings is 1. The molecule has 1 saturated carbocycles. The van der Waals surface area contributed by atoms with E-state index in [1.807, 2.05) is 0 Å². The predicted molar refractivity (Wildman–Crippen MR) is 87.9 cm³/mol. The van der Waals surface area contributed by atoms with Gasteiger partial charge in [-0.25, -0.2) is 0 Å². The largest absolute Gasteiger partial charge is 0.309 e. The summed E-state index contributed by atoms with van der Waals surface area (Å²) < 4.78 is 1.18. The summed E-state index contributed by atoms with van der Waals surface area (Å²) >= 11 is 3.59. The fourth-order valence-electron chi connectivity index (χ4n) is 3.86. The summed E-state index contributed by atoms with van der Waals surface area (Å²) in [6.07, 6.45) is 6.92. The lowest BCUT2D eigenvalue weighted by Crippen LogP contribution is -2.61. The Morgan fingerprint density at radius 1 is 1.25 bits per heavy atom. The minimum atomic E-state index is 0.400. The Kier molecular flexibility index (Phi) is 4.49. The third-order valence-electron chi connectivity index (χ3n) is 5.09. The van der Waals surface area contributed by atoms with Crippen LogP contribution in [0.1, 0.15) is 50.6 Å². The van der Waals surface area contributed by atoms with E-state index >= 15 is 0 Å². The topological polar surface area (TPSA) is 15.3 Å². The first-order chi connectivity index (χ1) is 9.69. The van der Waals surface area contributed by atoms with Gasteiger partial charge in [0, 0.05) is 35.7 Å². The van der Waals surface area contributed by atoms with Crippen LogP contribution in [-0.4, -0.2) is 30.1 Å². The van der Waals surface area contributed by atoms with Gasteiger partial charge in [0.2, 0.25) is 0 Å². The van der Waals surface area contributed by atoms with Crippen molar-refractivity contribution >= 4 is 15.9 Å². The lowest BCUT2D eigenvalue weighted by atomic mass is 9.79. The van der Waals surface area contributed by atoms with Crippen molar-refractivity contribution in [1.29, 1.82) is 0 Å². The van der Waals surface area contributed by atoms with Crippen molar-refractivity contribution in [3.8, 4) is 0 Å². The Labute approximate surface area is 131 Å². The second-order valence-electron chi connectivity index (χ2n) is 6.47. The van der Waals surface area contributed by atoms with Gasteiger partial charge in [0.15, 0.2) is 0 Å². The van der Waals surface area contributed by atoms with E-state index in [0.717, 1.165) is 13.1 Å². The summed E-state index contributed by atoms with van der Waals surface area (Å²) in [7, 11) is 0. The van der Waals surface area contributed by atoms with Crippen LogP contribution in [0.3, 0.4) is 0 Å². The summed E-state index contributed by atoms with van der Waals surface area (Å²) in [5, 5.41) is 3.83. The van der Waals surface area contributed by atoms with Gasteiger partial charge in [-0.15, -0.1) is 0 Å². The van der Waals surface area contributed by atoms with Crippen LogP contribution in [0.5, 0.6) is 0 Å². The number of piperazine rings is 1. The number of rotatable bonds is 2. The lowest BCUT2D eigenvalue weighted by molar-refractivity contribution is 0.0730. The highest BCUT2D eigenvalue weighted by Crippen LogP contribution is 2.33. The van der Waals surface area contributed by atoms with E-state index in [9.17, 15) is 0 Å². The van der Waals surface area contributed by atoms with Gasteiger partial charge in [0.1, 0.15) is 0 Å². The molecule has 1 unspecified atom stereocenters. The van der Waals surface area contributed by atoms with Crippen LogP contribution in [0.2, 0.25) is 0 Å². The molecule has 2 aliphatic rings. The zero-order chi connectivity index (χ0) is 14.0. The third kappa shape index (κ3) is 3.10. The maximum Gasteiger partial charge on any atom is 0.0321 e. The third-order valence-corrected chi connectivity index (χ3v) is 5.59. The lowest BCUT2D eigenvalue weighted by Gasteiger charge is -2.48. The second kappa shape index (κ2) is 6.17. The van der Waals surface area contributed by atoms with Gasteiger partial charge < -0.3 is 5.32 Å². The molecule has 1 heterocycles. The van der Waals surface area contributed by atoms with E-state index in [2.05, 4.69) is 57.3 Å². The highest BCUT2D eigenvalue weighted by atomic mass is 79.9. The Hall–Kier alpha value is -0.380. The Bertz CT molecular complexity index is 449. The maximum absolute atomic E-state index is 3.83. The van der Waals surface area contributed by atoms with Crippen molar-refractivity contribution in [3.63, 3.8) is 0 Å². The molecule has 110 valence electrons. The molecule has 1 aliphatic carbocycles. The van der Waals surface area contributed by atoms with Crippen molar-refractivity contribution in [3.05, 3.63) is 34.3 Å². The van der Waals surface area contributed by atoms with E-state index in [1.54, 1.807) is 0 Å². The molecule has 1 aliphatic heterocycles. The molecular formula is C17H25BrN2. The monoisotopic (exact) mass is 336 g/mol. The van der Waals surface area contributed by atoms with Gasteiger partial charge in [0.25, 0.3) is 0 Å². The van der Waals surface area contributed by atoms with Gasteiger partial charge in [0.05, 0.1) is 0 Å². The van der Waals surface area contributed by atoms with Crippen LogP contribution in [0.25, 0.3) is 0 Å². The Morgan fingerprint density at radius 3 is 2.80 bits per heavy atom. The highest BCUT2D eigenvalue weighted by Gasteiger charge is 2.37. The summed E-state index contributed by atoms with van der Waals surface area (Å²) in [4.78, 5) is 2.67. The molecule has 0 radical (unpaired) electrons. The summed E-state index contributed by atoms with van der Waals surface area (Å²) in [6, 6.07) is 9.28. The van der Waals surface area contributed by atoms with Crippen LogP contribution < -0.4 is 5.32 Å². The fraction of sp³-hybridized carbons (Fsp3) is 0.647. The van der Waals surface area contributed by atoms with Gasteiger partial charge in [-0.05, 0) is 37.5 Å². The van der Waals surface area contributed by atoms with E-state index in [4.69, 9.17) is 0 Å². The van der Waals surface area contributed by atoms with Crippen LogP contribution >= 0.6 is 15.9 Å². The molecule has 20 heavy (non-hydrogen) atoms. The first-order valence-electron chi connectivity index (χ1n) is 7.93. The molecule has 1 aromatic carbocycles. The van der Waals surface area contributed by atoms with E-state index in [-0.39, 0.29) is 0 Å². The number of hydrogen-bond acceptors (Lipinski definition) is 2. The van der Waals surface area contributed by atoms with Gasteiger partial charge in [-0.2, -0.15) is 0 Å². The number of nitrogens with zero attached hydrogens (tertiary/aromatic N) is 1. The molecule has 1 atom stereocenters. The van der Waals surface area contributed by atoms with Crippen molar-refractivity contribution < 1.29 is 0 Å². The van der Waals surface area contributed by atoms with E-state index in [0.29, 0.717) is 11.6 Å². The van der Waals surface area contributed by atoms with Crippen LogP contribution in [-0.2, 0) is 0 Å². The van der Waals surface area contributed by atoms with Crippen molar-refractivity contribution in [2.24, 2.45) is 0 Å². The molecule has 3 rings (SSSR count). The zero-order valence-corrected chi connectivity index (χ0v) is 14.0. The van der Waals surface area contributed by atoms with Gasteiger partial charge in [-0.3, -0.25) is 4.90 Å². The summed E-state index contributed by atoms with van der Waals surface area (Å²) in [6.45, 7) is 5.86. The average molecular weight is 337 g/mol. The average Bonchev–Trinajstić information content (AvgIpc) is 2.47.